The van der Waals surface area contributed by atoms with Gasteiger partial charge in [-0.15, -0.1) is 0 Å². The second-order valence-corrected chi connectivity index (χ2v) is 3.87. The summed E-state index contributed by atoms with van der Waals surface area (Å²) in [5.41, 5.74) is 3.20. The van der Waals surface area contributed by atoms with E-state index in [1.807, 2.05) is 0 Å². The fourth-order valence-electron chi connectivity index (χ4n) is 1.54. The number of ether oxygens (including phenoxy) is 1. The lowest BCUT2D eigenvalue weighted by Gasteiger charge is -2.27. The van der Waals surface area contributed by atoms with Gasteiger partial charge in [0.2, 0.25) is 5.66 Å². The van der Waals surface area contributed by atoms with Crippen molar-refractivity contribution in [2.45, 2.75) is 17.9 Å². The molecule has 6 heteroatoms. The van der Waals surface area contributed by atoms with E-state index in [2.05, 4.69) is 11.7 Å². The molecule has 0 bridgehead atoms. The zero-order chi connectivity index (χ0) is 12.7. The monoisotopic (exact) mass is 244 g/mol. The average molecular weight is 244 g/mol. The largest absolute Gasteiger partial charge is 0.431 e. The van der Waals surface area contributed by atoms with Gasteiger partial charge in [-0.3, -0.25) is 10.7 Å². The summed E-state index contributed by atoms with van der Waals surface area (Å²) in [6.07, 6.45) is -4.68. The summed E-state index contributed by atoms with van der Waals surface area (Å²) in [4.78, 5) is 3.02. The van der Waals surface area contributed by atoms with Gasteiger partial charge in [0, 0.05) is 5.56 Å². The molecule has 2 atom stereocenters. The Morgan fingerprint density at radius 2 is 1.82 bits per heavy atom. The highest BCUT2D eigenvalue weighted by Gasteiger charge is 2.53. The molecule has 92 valence electrons. The molecular formula is C11H11F3N2O. The standard InChI is InChI=1S/C11H11F3N2O/c1-16-10(15,11(12,13)14)8-4-2-7(3-5-8)9-6-17-9/h2-5,9H,1,6,15H2. The minimum Gasteiger partial charge on any atom is -0.368 e. The maximum atomic E-state index is 12.8. The van der Waals surface area contributed by atoms with Gasteiger partial charge in [0.1, 0.15) is 6.10 Å². The van der Waals surface area contributed by atoms with Gasteiger partial charge in [-0.05, 0) is 12.3 Å². The first-order valence-electron chi connectivity index (χ1n) is 4.94. The van der Waals surface area contributed by atoms with E-state index in [9.17, 15) is 13.2 Å². The number of benzene rings is 1. The molecule has 3 nitrogen and oxygen atoms in total. The molecule has 0 aromatic heterocycles. The van der Waals surface area contributed by atoms with Gasteiger partial charge in [0.25, 0.3) is 0 Å². The molecule has 0 aliphatic carbocycles. The Kier molecular flexibility index (Phi) is 2.71. The number of alkyl halides is 3. The van der Waals surface area contributed by atoms with Crippen LogP contribution in [0.25, 0.3) is 0 Å². The molecule has 1 fully saturated rings. The zero-order valence-corrected chi connectivity index (χ0v) is 8.87. The van der Waals surface area contributed by atoms with Crippen LogP contribution in [0.3, 0.4) is 0 Å². The van der Waals surface area contributed by atoms with Crippen molar-refractivity contribution in [2.75, 3.05) is 6.61 Å². The highest BCUT2D eigenvalue weighted by atomic mass is 19.4. The smallest absolute Gasteiger partial charge is 0.368 e. The molecule has 1 saturated heterocycles. The topological polar surface area (TPSA) is 50.9 Å². The summed E-state index contributed by atoms with van der Waals surface area (Å²) in [5, 5.41) is 0. The number of aliphatic imine (C=N–C) groups is 1. The quantitative estimate of drug-likeness (QED) is 0.654. The number of hydrogen-bond acceptors (Lipinski definition) is 3. The number of nitrogens with two attached hydrogens (primary N) is 1. The summed E-state index contributed by atoms with van der Waals surface area (Å²) in [5.74, 6) is 0. The van der Waals surface area contributed by atoms with E-state index in [-0.39, 0.29) is 11.7 Å². The van der Waals surface area contributed by atoms with Gasteiger partial charge in [-0.25, -0.2) is 0 Å². The highest BCUT2D eigenvalue weighted by Crippen LogP contribution is 2.38. The fraction of sp³-hybridized carbons (Fsp3) is 0.364. The normalized spacial score (nSPS) is 22.9. The van der Waals surface area contributed by atoms with Crippen molar-refractivity contribution in [1.82, 2.24) is 0 Å². The Morgan fingerprint density at radius 3 is 2.18 bits per heavy atom. The maximum Gasteiger partial charge on any atom is 0.431 e. The molecular weight excluding hydrogens is 233 g/mol. The average Bonchev–Trinajstić information content (AvgIpc) is 3.10. The van der Waals surface area contributed by atoms with Crippen molar-refractivity contribution in [1.29, 1.82) is 0 Å². The predicted octanol–water partition coefficient (Wildman–Crippen LogP) is 2.13. The predicted molar refractivity (Wildman–Crippen MR) is 56.6 cm³/mol. The summed E-state index contributed by atoms with van der Waals surface area (Å²) in [6, 6.07) is 5.73. The van der Waals surface area contributed by atoms with Crippen molar-refractivity contribution in [3.05, 3.63) is 35.4 Å². The van der Waals surface area contributed by atoms with Crippen LogP contribution in [-0.2, 0) is 10.4 Å². The zero-order valence-electron chi connectivity index (χ0n) is 8.87. The van der Waals surface area contributed by atoms with E-state index in [0.29, 0.717) is 6.61 Å². The number of hydrogen-bond donors (Lipinski definition) is 1. The Labute approximate surface area is 96.1 Å². The van der Waals surface area contributed by atoms with E-state index < -0.39 is 11.8 Å². The number of epoxide rings is 1. The Bertz CT molecular complexity index is 425. The van der Waals surface area contributed by atoms with Crippen LogP contribution < -0.4 is 5.73 Å². The summed E-state index contributed by atoms with van der Waals surface area (Å²) in [7, 11) is 0. The number of rotatable bonds is 3. The first-order chi connectivity index (χ1) is 7.88. The minimum atomic E-state index is -4.67. The molecule has 1 aromatic carbocycles. The van der Waals surface area contributed by atoms with Crippen molar-refractivity contribution < 1.29 is 17.9 Å². The Balaban J connectivity index is 2.34. The van der Waals surface area contributed by atoms with Crippen LogP contribution in [0.2, 0.25) is 0 Å². The first-order valence-corrected chi connectivity index (χ1v) is 4.94. The molecule has 1 aliphatic rings. The van der Waals surface area contributed by atoms with Crippen LogP contribution in [0.1, 0.15) is 17.2 Å². The van der Waals surface area contributed by atoms with E-state index in [0.717, 1.165) is 5.56 Å². The number of halogens is 3. The molecule has 1 aliphatic heterocycles. The van der Waals surface area contributed by atoms with Gasteiger partial charge < -0.3 is 4.74 Å². The van der Waals surface area contributed by atoms with Crippen LogP contribution in [0.4, 0.5) is 13.2 Å². The third kappa shape index (κ3) is 2.05. The Morgan fingerprint density at radius 1 is 1.29 bits per heavy atom. The lowest BCUT2D eigenvalue weighted by molar-refractivity contribution is -0.186. The van der Waals surface area contributed by atoms with Crippen LogP contribution >= 0.6 is 0 Å². The molecule has 2 unspecified atom stereocenters. The van der Waals surface area contributed by atoms with Gasteiger partial charge in [0.15, 0.2) is 0 Å². The van der Waals surface area contributed by atoms with Crippen molar-refractivity contribution in [3.8, 4) is 0 Å². The lowest BCUT2D eigenvalue weighted by Crippen LogP contribution is -2.48. The number of nitrogens with zero attached hydrogens (tertiary/aromatic N) is 1. The highest BCUT2D eigenvalue weighted by molar-refractivity contribution is 5.35. The molecule has 0 saturated carbocycles. The second kappa shape index (κ2) is 3.82. The summed E-state index contributed by atoms with van der Waals surface area (Å²) in [6.45, 7) is 3.53. The van der Waals surface area contributed by atoms with E-state index in [4.69, 9.17) is 10.5 Å². The Hall–Kier alpha value is -1.40. The van der Waals surface area contributed by atoms with Crippen LogP contribution in [-0.4, -0.2) is 19.5 Å². The third-order valence-electron chi connectivity index (χ3n) is 2.74. The minimum absolute atomic E-state index is 0.00111. The van der Waals surface area contributed by atoms with Crippen molar-refractivity contribution in [3.63, 3.8) is 0 Å². The van der Waals surface area contributed by atoms with E-state index in [1.165, 1.54) is 12.1 Å². The molecule has 1 heterocycles. The van der Waals surface area contributed by atoms with Crippen LogP contribution in [0.5, 0.6) is 0 Å². The molecule has 2 rings (SSSR count). The molecule has 0 amide bonds. The van der Waals surface area contributed by atoms with Crippen LogP contribution in [0.15, 0.2) is 29.3 Å². The maximum absolute atomic E-state index is 12.8. The van der Waals surface area contributed by atoms with E-state index in [1.54, 1.807) is 12.1 Å². The first kappa shape index (κ1) is 12.1. The summed E-state index contributed by atoms with van der Waals surface area (Å²) < 4.78 is 43.4. The van der Waals surface area contributed by atoms with Crippen molar-refractivity contribution >= 4 is 6.72 Å². The molecule has 0 radical (unpaired) electrons. The van der Waals surface area contributed by atoms with Gasteiger partial charge >= 0.3 is 6.18 Å². The molecule has 2 N–H and O–H groups in total. The molecule has 1 aromatic rings. The molecule has 0 spiro atoms. The van der Waals surface area contributed by atoms with E-state index >= 15 is 0 Å². The SMILES string of the molecule is C=NC(N)(c1ccc(C2CO2)cc1)C(F)(F)F. The molecule has 17 heavy (non-hydrogen) atoms. The van der Waals surface area contributed by atoms with Crippen LogP contribution in [0, 0.1) is 0 Å². The van der Waals surface area contributed by atoms with Gasteiger partial charge in [-0.2, -0.15) is 13.2 Å². The second-order valence-electron chi connectivity index (χ2n) is 3.87. The van der Waals surface area contributed by atoms with Gasteiger partial charge in [0.05, 0.1) is 6.61 Å². The summed E-state index contributed by atoms with van der Waals surface area (Å²) >= 11 is 0. The fourth-order valence-corrected chi connectivity index (χ4v) is 1.54. The van der Waals surface area contributed by atoms with Crippen molar-refractivity contribution in [2.24, 2.45) is 10.7 Å². The lowest BCUT2D eigenvalue weighted by atomic mass is 9.98. The third-order valence-corrected chi connectivity index (χ3v) is 2.74. The van der Waals surface area contributed by atoms with Gasteiger partial charge in [-0.1, -0.05) is 24.3 Å².